The van der Waals surface area contributed by atoms with Crippen molar-refractivity contribution in [2.45, 2.75) is 12.9 Å². The van der Waals surface area contributed by atoms with Gasteiger partial charge in [-0.1, -0.05) is 23.7 Å². The number of piperazine rings is 1. The van der Waals surface area contributed by atoms with Gasteiger partial charge in [0.05, 0.1) is 2.74 Å². The van der Waals surface area contributed by atoms with E-state index in [0.29, 0.717) is 22.8 Å². The van der Waals surface area contributed by atoms with E-state index in [1.807, 2.05) is 17.0 Å². The molecule has 0 atom stereocenters. The first kappa shape index (κ1) is 13.2. The van der Waals surface area contributed by atoms with Crippen LogP contribution >= 0.6 is 24.0 Å². The average Bonchev–Trinajstić information content (AvgIpc) is 3.11. The molecule has 0 bridgehead atoms. The van der Waals surface area contributed by atoms with Gasteiger partial charge in [0, 0.05) is 61.6 Å². The minimum absolute atomic E-state index is 0. The lowest BCUT2D eigenvalue weighted by atomic mass is 10.2. The summed E-state index contributed by atoms with van der Waals surface area (Å²) >= 11 is 6.05. The molecular weight excluding hydrogens is 385 g/mol. The maximum Gasteiger partial charge on any atom is 0.350 e. The fourth-order valence-corrected chi connectivity index (χ4v) is 3.09. The minimum atomic E-state index is -3.10. The van der Waals surface area contributed by atoms with Crippen molar-refractivity contribution >= 4 is 35.3 Å². The van der Waals surface area contributed by atoms with E-state index in [0.717, 1.165) is 10.1 Å². The van der Waals surface area contributed by atoms with Gasteiger partial charge >= 0.3 is 5.69 Å². The molecule has 8 heteroatoms. The monoisotopic (exact) mass is 413 g/mol. The van der Waals surface area contributed by atoms with Crippen LogP contribution in [0.25, 0.3) is 5.65 Å². The van der Waals surface area contributed by atoms with Crippen LogP contribution < -0.4 is 10.6 Å². The summed E-state index contributed by atoms with van der Waals surface area (Å²) in [6, 6.07) is 12.0. The zero-order chi connectivity index (χ0) is 23.3. The number of halogens is 2. The summed E-state index contributed by atoms with van der Waals surface area (Å²) in [5.74, 6) is 0. The Morgan fingerprint density at radius 2 is 1.89 bits per heavy atom. The Bertz CT molecular complexity index is 1190. The molecule has 1 fully saturated rings. The van der Waals surface area contributed by atoms with Crippen LogP contribution in [0.5, 0.6) is 0 Å². The molecule has 0 saturated carbocycles. The second kappa shape index (κ2) is 8.78. The SMILES string of the molecule is Cl.[2H]C([2H])(N1CCN(c2cccc(Cl)c2)CC1)C([2H])([2H])C([2H])([2H])n1nc2ccccn2c1=O. The predicted molar refractivity (Wildman–Crippen MR) is 111 cm³/mol. The van der Waals surface area contributed by atoms with Gasteiger partial charge in [-0.15, -0.1) is 17.5 Å². The van der Waals surface area contributed by atoms with Gasteiger partial charge in [0.25, 0.3) is 0 Å². The highest BCUT2D eigenvalue weighted by Crippen LogP contribution is 2.20. The molecule has 0 spiro atoms. The number of benzene rings is 1. The third-order valence-electron chi connectivity index (χ3n) is 4.26. The maximum absolute atomic E-state index is 12.7. The molecule has 27 heavy (non-hydrogen) atoms. The number of pyridine rings is 1. The number of hydrogen-bond donors (Lipinski definition) is 0. The normalized spacial score (nSPS) is 20.0. The minimum Gasteiger partial charge on any atom is -0.369 e. The second-order valence-electron chi connectivity index (χ2n) is 5.93. The van der Waals surface area contributed by atoms with Crippen LogP contribution in [-0.2, 0) is 6.50 Å². The Kier molecular flexibility index (Phi) is 4.29. The van der Waals surface area contributed by atoms with E-state index < -0.39 is 25.1 Å². The zero-order valence-electron chi connectivity index (χ0n) is 20.4. The van der Waals surface area contributed by atoms with E-state index in [9.17, 15) is 4.79 Å². The van der Waals surface area contributed by atoms with E-state index in [-0.39, 0.29) is 31.1 Å². The summed E-state index contributed by atoms with van der Waals surface area (Å²) in [5.41, 5.74) is 0.149. The summed E-state index contributed by atoms with van der Waals surface area (Å²) in [4.78, 5) is 15.9. The Morgan fingerprint density at radius 3 is 2.63 bits per heavy atom. The van der Waals surface area contributed by atoms with Crippen molar-refractivity contribution in [2.75, 3.05) is 37.6 Å². The van der Waals surface area contributed by atoms with Crippen LogP contribution in [0, 0.1) is 0 Å². The van der Waals surface area contributed by atoms with Crippen molar-refractivity contribution < 1.29 is 8.22 Å². The first-order valence-corrected chi connectivity index (χ1v) is 8.67. The molecule has 0 unspecified atom stereocenters. The zero-order valence-corrected chi connectivity index (χ0v) is 16.0. The lowest BCUT2D eigenvalue weighted by Crippen LogP contribution is -2.46. The number of anilines is 1. The van der Waals surface area contributed by atoms with Gasteiger partial charge in [-0.2, -0.15) is 0 Å². The summed E-state index contributed by atoms with van der Waals surface area (Å²) in [5, 5.41) is 4.50. The molecule has 1 aliphatic rings. The highest BCUT2D eigenvalue weighted by Gasteiger charge is 2.17. The Hall–Kier alpha value is -2.02. The van der Waals surface area contributed by atoms with Crippen LogP contribution in [0.15, 0.2) is 53.5 Å². The smallest absolute Gasteiger partial charge is 0.350 e. The average molecular weight is 414 g/mol. The number of hydrogen-bond acceptors (Lipinski definition) is 4. The molecule has 0 radical (unpaired) electrons. The van der Waals surface area contributed by atoms with E-state index >= 15 is 0 Å². The summed E-state index contributed by atoms with van der Waals surface area (Å²) in [6.07, 6.45) is -1.70. The van der Waals surface area contributed by atoms with Crippen molar-refractivity contribution in [1.29, 1.82) is 0 Å². The van der Waals surface area contributed by atoms with E-state index in [1.165, 1.54) is 17.2 Å². The third-order valence-corrected chi connectivity index (χ3v) is 4.49. The molecule has 1 aliphatic heterocycles. The predicted octanol–water partition coefficient (Wildman–Crippen LogP) is 2.78. The maximum atomic E-state index is 12.7. The van der Waals surface area contributed by atoms with Crippen LogP contribution in [0.4, 0.5) is 5.69 Å². The van der Waals surface area contributed by atoms with Crippen LogP contribution in [0.1, 0.15) is 14.6 Å². The molecular formula is C19H23Cl2N5O. The number of aryl methyl sites for hydroxylation is 1. The second-order valence-corrected chi connectivity index (χ2v) is 6.36. The number of nitrogens with zero attached hydrogens (tertiary/aromatic N) is 5. The van der Waals surface area contributed by atoms with Crippen LogP contribution in [0.3, 0.4) is 0 Å². The molecule has 1 aromatic carbocycles. The van der Waals surface area contributed by atoms with Gasteiger partial charge in [0.1, 0.15) is 0 Å². The van der Waals surface area contributed by atoms with Crippen molar-refractivity contribution in [3.05, 3.63) is 64.2 Å². The fraction of sp³-hybridized carbons (Fsp3) is 0.368. The van der Waals surface area contributed by atoms with E-state index in [1.54, 1.807) is 24.3 Å². The third kappa shape index (κ3) is 4.46. The highest BCUT2D eigenvalue weighted by atomic mass is 35.5. The summed E-state index contributed by atoms with van der Waals surface area (Å²) in [7, 11) is 0. The van der Waals surface area contributed by atoms with E-state index in [4.69, 9.17) is 19.8 Å². The number of aromatic nitrogens is 3. The molecule has 0 amide bonds. The van der Waals surface area contributed by atoms with Crippen molar-refractivity contribution in [2.24, 2.45) is 0 Å². The van der Waals surface area contributed by atoms with E-state index in [2.05, 4.69) is 5.10 Å². The van der Waals surface area contributed by atoms with Crippen molar-refractivity contribution in [3.63, 3.8) is 0 Å². The number of fused-ring (bicyclic) bond motifs is 1. The Balaban J connectivity index is 0.00000306. The Labute approximate surface area is 177 Å². The first-order valence-electron chi connectivity index (χ1n) is 11.3. The molecule has 1 saturated heterocycles. The standard InChI is InChI=1S/C19H22ClN5O.ClH/c20-16-5-3-6-17(15-16)23-13-11-22(12-14-23)8-4-10-25-19(26)24-9-2-1-7-18(24)21-25;/h1-3,5-7,9,15H,4,8,10-14H2;1H/i4D2,8D2,10D2;. The van der Waals surface area contributed by atoms with Crippen LogP contribution in [-0.4, -0.2) is 51.8 Å². The van der Waals surface area contributed by atoms with Gasteiger partial charge in [0.2, 0.25) is 0 Å². The highest BCUT2D eigenvalue weighted by molar-refractivity contribution is 6.30. The van der Waals surface area contributed by atoms with Gasteiger partial charge in [-0.25, -0.2) is 9.48 Å². The summed E-state index contributed by atoms with van der Waals surface area (Å²) < 4.78 is 52.2. The van der Waals surface area contributed by atoms with Gasteiger partial charge in [-0.05, 0) is 36.7 Å². The molecule has 3 aromatic rings. The van der Waals surface area contributed by atoms with Gasteiger partial charge in [-0.3, -0.25) is 9.30 Å². The molecule has 144 valence electrons. The lowest BCUT2D eigenvalue weighted by Gasteiger charge is -2.36. The quantitative estimate of drug-likeness (QED) is 0.644. The topological polar surface area (TPSA) is 45.8 Å². The fourth-order valence-electron chi connectivity index (χ4n) is 2.90. The Morgan fingerprint density at radius 1 is 1.07 bits per heavy atom. The van der Waals surface area contributed by atoms with Crippen molar-refractivity contribution in [3.8, 4) is 0 Å². The molecule has 3 heterocycles. The molecule has 0 aliphatic carbocycles. The van der Waals surface area contributed by atoms with Crippen LogP contribution in [0.2, 0.25) is 5.02 Å². The molecule has 0 N–H and O–H groups in total. The van der Waals surface area contributed by atoms with Crippen molar-refractivity contribution in [1.82, 2.24) is 19.1 Å². The first-order chi connectivity index (χ1) is 15.0. The van der Waals surface area contributed by atoms with Gasteiger partial charge in [0.15, 0.2) is 5.65 Å². The molecule has 6 nitrogen and oxygen atoms in total. The number of rotatable bonds is 5. The van der Waals surface area contributed by atoms with Gasteiger partial charge < -0.3 is 4.90 Å². The molecule has 4 rings (SSSR count). The largest absolute Gasteiger partial charge is 0.369 e. The lowest BCUT2D eigenvalue weighted by molar-refractivity contribution is 0.248. The molecule has 2 aromatic heterocycles. The summed E-state index contributed by atoms with van der Waals surface area (Å²) in [6.45, 7) is -4.62.